The number of carbonyl (C=O) groups excluding carboxylic acids is 3. The summed E-state index contributed by atoms with van der Waals surface area (Å²) >= 11 is 3.80. The smallest absolute Gasteiger partial charge is 0.248 e. The van der Waals surface area contributed by atoms with Crippen LogP contribution in [0.15, 0.2) is 79.9 Å². The molecule has 268 valence electrons. The first-order chi connectivity index (χ1) is 24.3. The number of morpholine rings is 1. The van der Waals surface area contributed by atoms with E-state index in [1.165, 1.54) is 4.90 Å². The van der Waals surface area contributed by atoms with Gasteiger partial charge in [0.25, 0.3) is 0 Å². The third-order valence-electron chi connectivity index (χ3n) is 10.4. The van der Waals surface area contributed by atoms with Crippen LogP contribution in [0.3, 0.4) is 0 Å². The van der Waals surface area contributed by atoms with Crippen LogP contribution in [0.1, 0.15) is 24.9 Å². The Kier molecular flexibility index (Phi) is 11.4. The van der Waals surface area contributed by atoms with Gasteiger partial charge in [-0.2, -0.15) is 0 Å². The Morgan fingerprint density at radius 2 is 1.78 bits per heavy atom. The zero-order chi connectivity index (χ0) is 35.4. The molecule has 3 amide bonds. The second-order valence-corrected chi connectivity index (χ2v) is 14.4. The monoisotopic (exact) mass is 750 g/mol. The van der Waals surface area contributed by atoms with Crippen LogP contribution in [0.5, 0.6) is 5.75 Å². The van der Waals surface area contributed by atoms with Gasteiger partial charge in [0.05, 0.1) is 50.4 Å². The summed E-state index contributed by atoms with van der Waals surface area (Å²) < 4.78 is 18.0. The minimum atomic E-state index is -1.30. The Balaban J connectivity index is 1.40. The van der Waals surface area contributed by atoms with Crippen LogP contribution in [0.25, 0.3) is 0 Å². The molecule has 7 atom stereocenters. The Morgan fingerprint density at radius 3 is 2.42 bits per heavy atom. The third kappa shape index (κ3) is 6.64. The van der Waals surface area contributed by atoms with Crippen molar-refractivity contribution in [3.63, 3.8) is 0 Å². The molecular weight excluding hydrogens is 704 g/mol. The first kappa shape index (κ1) is 36.2. The summed E-state index contributed by atoms with van der Waals surface area (Å²) in [6, 6.07) is 14.6. The number of nitrogens with zero attached hydrogens (tertiary/aromatic N) is 4. The maximum absolute atomic E-state index is 15.0. The standard InChI is InChI=1S/C38H47BrN4O7/c1-4-16-41(19-18-40-20-22-48-23-21-40)37(47)34-38-24-29(39)33(50-38)31(32(38)36(46)43(34)30(25-44)26-10-8-7-9-11-26)35(45)42(17-5-2)27-12-14-28(15-13-27)49-6-3/h4-5,7-15,29-34,44H,1-2,6,16-25H2,3H3/t29?,30-,31-,32+,33-,34?,38?/m1/s1. The number of rotatable bonds is 15. The predicted molar refractivity (Wildman–Crippen MR) is 193 cm³/mol. The number of amides is 3. The maximum Gasteiger partial charge on any atom is 0.248 e. The van der Waals surface area contributed by atoms with Gasteiger partial charge in [-0.1, -0.05) is 58.4 Å². The lowest BCUT2D eigenvalue weighted by Gasteiger charge is -2.40. The molecule has 50 heavy (non-hydrogen) atoms. The first-order valence-electron chi connectivity index (χ1n) is 17.4. The van der Waals surface area contributed by atoms with Gasteiger partial charge in [0.15, 0.2) is 0 Å². The molecular formula is C38H47BrN4O7. The van der Waals surface area contributed by atoms with E-state index in [1.54, 1.807) is 22.0 Å². The molecule has 0 aromatic heterocycles. The van der Waals surface area contributed by atoms with Gasteiger partial charge in [0.1, 0.15) is 17.4 Å². The number of benzene rings is 2. The summed E-state index contributed by atoms with van der Waals surface area (Å²) in [5.74, 6) is -2.09. The SMILES string of the molecule is C=CCN(CCN1CCOCC1)C(=O)C1N([C@H](CO)c2ccccc2)C(=O)[C@@H]2[C@@H](C(=O)N(CC=C)c3ccc(OCC)cc3)[C@@H]3OC12CC3Br. The lowest BCUT2D eigenvalue weighted by Crippen LogP contribution is -2.58. The molecule has 1 N–H and O–H groups in total. The quantitative estimate of drug-likeness (QED) is 0.218. The van der Waals surface area contributed by atoms with E-state index in [2.05, 4.69) is 34.0 Å². The van der Waals surface area contributed by atoms with Crippen LogP contribution in [0, 0.1) is 11.8 Å². The van der Waals surface area contributed by atoms with E-state index in [0.29, 0.717) is 56.3 Å². The van der Waals surface area contributed by atoms with E-state index in [0.717, 1.165) is 13.1 Å². The molecule has 2 aromatic carbocycles. The molecule has 4 fully saturated rings. The molecule has 4 aliphatic rings. The number of likely N-dealkylation sites (tertiary alicyclic amines) is 1. The van der Waals surface area contributed by atoms with E-state index in [-0.39, 0.29) is 35.6 Å². The van der Waals surface area contributed by atoms with Gasteiger partial charge in [-0.3, -0.25) is 19.3 Å². The number of halogens is 1. The summed E-state index contributed by atoms with van der Waals surface area (Å²) in [5.41, 5.74) is 0.0256. The zero-order valence-corrected chi connectivity index (χ0v) is 30.2. The number of hydrogen-bond donors (Lipinski definition) is 1. The van der Waals surface area contributed by atoms with E-state index in [9.17, 15) is 14.7 Å². The van der Waals surface area contributed by atoms with Gasteiger partial charge in [0.2, 0.25) is 17.7 Å². The topological polar surface area (TPSA) is 112 Å². The fourth-order valence-corrected chi connectivity index (χ4v) is 9.16. The third-order valence-corrected chi connectivity index (χ3v) is 11.3. The van der Waals surface area contributed by atoms with E-state index >= 15 is 4.79 Å². The summed E-state index contributed by atoms with van der Waals surface area (Å²) in [6.45, 7) is 14.2. The average Bonchev–Trinajstić information content (AvgIpc) is 3.73. The number of hydrogen-bond acceptors (Lipinski definition) is 8. The second-order valence-electron chi connectivity index (χ2n) is 13.2. The number of fused-ring (bicyclic) bond motifs is 1. The molecule has 2 bridgehead atoms. The summed E-state index contributed by atoms with van der Waals surface area (Å²) in [6.07, 6.45) is 3.05. The van der Waals surface area contributed by atoms with E-state index in [4.69, 9.17) is 14.2 Å². The van der Waals surface area contributed by atoms with Crippen LogP contribution in [0.4, 0.5) is 5.69 Å². The number of carbonyl (C=O) groups is 3. The maximum atomic E-state index is 15.0. The molecule has 2 aromatic rings. The molecule has 1 spiro atoms. The molecule has 0 aliphatic carbocycles. The molecule has 11 nitrogen and oxygen atoms in total. The van der Waals surface area contributed by atoms with E-state index in [1.807, 2.05) is 61.5 Å². The van der Waals surface area contributed by atoms with Crippen molar-refractivity contribution in [1.82, 2.24) is 14.7 Å². The lowest BCUT2D eigenvalue weighted by molar-refractivity contribution is -0.151. The highest BCUT2D eigenvalue weighted by atomic mass is 79.9. The molecule has 4 saturated heterocycles. The fraction of sp³-hybridized carbons (Fsp3) is 0.500. The van der Waals surface area contributed by atoms with Gasteiger partial charge >= 0.3 is 0 Å². The van der Waals surface area contributed by atoms with Crippen LogP contribution >= 0.6 is 15.9 Å². The van der Waals surface area contributed by atoms with Crippen LogP contribution in [-0.2, 0) is 23.9 Å². The van der Waals surface area contributed by atoms with Gasteiger partial charge in [-0.15, -0.1) is 13.2 Å². The normalized spacial score (nSPS) is 27.9. The van der Waals surface area contributed by atoms with Gasteiger partial charge in [-0.25, -0.2) is 0 Å². The van der Waals surface area contributed by atoms with Crippen molar-refractivity contribution in [2.45, 2.75) is 42.0 Å². The minimum absolute atomic E-state index is 0.209. The van der Waals surface area contributed by atoms with Gasteiger partial charge < -0.3 is 34.0 Å². The Bertz CT molecular complexity index is 1540. The van der Waals surface area contributed by atoms with Crippen molar-refractivity contribution >= 4 is 39.3 Å². The first-order valence-corrected chi connectivity index (χ1v) is 18.4. The number of anilines is 1. The van der Waals surface area contributed by atoms with Crippen molar-refractivity contribution in [3.8, 4) is 5.75 Å². The largest absolute Gasteiger partial charge is 0.494 e. The number of ether oxygens (including phenoxy) is 3. The molecule has 3 unspecified atom stereocenters. The average molecular weight is 752 g/mol. The number of alkyl halides is 1. The molecule has 0 saturated carbocycles. The predicted octanol–water partition coefficient (Wildman–Crippen LogP) is 3.43. The van der Waals surface area contributed by atoms with Crippen molar-refractivity contribution in [2.75, 3.05) is 70.6 Å². The molecule has 12 heteroatoms. The highest BCUT2D eigenvalue weighted by Gasteiger charge is 2.77. The lowest BCUT2D eigenvalue weighted by atomic mass is 9.70. The number of aliphatic hydroxyl groups is 1. The Morgan fingerprint density at radius 1 is 1.08 bits per heavy atom. The summed E-state index contributed by atoms with van der Waals surface area (Å²) in [7, 11) is 0. The summed E-state index contributed by atoms with van der Waals surface area (Å²) in [5, 5.41) is 10.9. The molecule has 4 aliphatic heterocycles. The van der Waals surface area contributed by atoms with Crippen molar-refractivity contribution in [3.05, 3.63) is 85.5 Å². The van der Waals surface area contributed by atoms with Gasteiger partial charge in [0, 0.05) is 49.8 Å². The van der Waals surface area contributed by atoms with Crippen molar-refractivity contribution < 1.29 is 33.7 Å². The van der Waals surface area contributed by atoms with Crippen molar-refractivity contribution in [2.24, 2.45) is 11.8 Å². The Labute approximate surface area is 302 Å². The van der Waals surface area contributed by atoms with Gasteiger partial charge in [-0.05, 0) is 43.2 Å². The highest BCUT2D eigenvalue weighted by Crippen LogP contribution is 2.61. The molecule has 4 heterocycles. The van der Waals surface area contributed by atoms with Crippen molar-refractivity contribution in [1.29, 1.82) is 0 Å². The highest BCUT2D eigenvalue weighted by molar-refractivity contribution is 9.09. The second kappa shape index (κ2) is 15.8. The molecule has 6 rings (SSSR count). The molecule has 0 radical (unpaired) electrons. The zero-order valence-electron chi connectivity index (χ0n) is 28.6. The Hall–Kier alpha value is -3.55. The van der Waals surface area contributed by atoms with Crippen LogP contribution in [-0.4, -0.2) is 126 Å². The van der Waals surface area contributed by atoms with Crippen LogP contribution in [0.2, 0.25) is 0 Å². The van der Waals surface area contributed by atoms with Crippen LogP contribution < -0.4 is 9.64 Å². The van der Waals surface area contributed by atoms with E-state index < -0.39 is 42.2 Å². The fourth-order valence-electron chi connectivity index (χ4n) is 8.22. The number of aliphatic hydroxyl groups excluding tert-OH is 1. The summed E-state index contributed by atoms with van der Waals surface area (Å²) in [4.78, 5) is 51.6. The minimum Gasteiger partial charge on any atom is -0.494 e.